The van der Waals surface area contributed by atoms with E-state index in [1.807, 2.05) is 105 Å². The van der Waals surface area contributed by atoms with Gasteiger partial charge in [0.1, 0.15) is 23.8 Å². The summed E-state index contributed by atoms with van der Waals surface area (Å²) in [5.74, 6) is 1.19. The van der Waals surface area contributed by atoms with Crippen molar-refractivity contribution < 1.29 is 19.1 Å². The van der Waals surface area contributed by atoms with E-state index < -0.39 is 5.97 Å². The Labute approximate surface area is 227 Å². The van der Waals surface area contributed by atoms with E-state index >= 15 is 0 Å². The number of oxazole rings is 1. The van der Waals surface area contributed by atoms with Crippen LogP contribution in [0.5, 0.6) is 5.75 Å². The van der Waals surface area contributed by atoms with Gasteiger partial charge in [0.05, 0.1) is 0 Å². The number of hydrogen-bond acceptors (Lipinski definition) is 4. The standard InChI is InChI=1S/C33H30N2O4/c1-3-25(33(36)37)18-28-20-35(21-30(28)26-10-6-4-7-11-26)19-24-14-16-29(17-15-24)38-22-31-23(2)39-32(34-31)27-12-8-5-9-13-27/h4-18,20-21H,3,19,22H2,1-2H3,(H,36,37). The minimum absolute atomic E-state index is 0.318. The first-order valence-electron chi connectivity index (χ1n) is 12.9. The molecule has 5 rings (SSSR count). The molecule has 39 heavy (non-hydrogen) atoms. The first-order valence-corrected chi connectivity index (χ1v) is 12.9. The molecule has 0 saturated carbocycles. The van der Waals surface area contributed by atoms with Crippen LogP contribution in [0.4, 0.5) is 0 Å². The predicted molar refractivity (Wildman–Crippen MR) is 152 cm³/mol. The molecule has 0 unspecified atom stereocenters. The Bertz CT molecular complexity index is 1580. The number of carboxylic acid groups (broad SMARTS) is 1. The number of aryl methyl sites for hydroxylation is 1. The maximum absolute atomic E-state index is 11.6. The predicted octanol–water partition coefficient (Wildman–Crippen LogP) is 7.62. The number of benzene rings is 3. The maximum Gasteiger partial charge on any atom is 0.331 e. The van der Waals surface area contributed by atoms with E-state index in [1.165, 1.54) is 0 Å². The molecule has 0 spiro atoms. The first kappa shape index (κ1) is 25.8. The second-order valence-electron chi connectivity index (χ2n) is 9.31. The topological polar surface area (TPSA) is 77.5 Å². The second kappa shape index (κ2) is 11.7. The van der Waals surface area contributed by atoms with Crippen LogP contribution in [0.2, 0.25) is 0 Å². The van der Waals surface area contributed by atoms with Crippen molar-refractivity contribution in [1.29, 1.82) is 0 Å². The highest BCUT2D eigenvalue weighted by Gasteiger charge is 2.13. The Balaban J connectivity index is 1.29. The number of ether oxygens (including phenoxy) is 1. The quantitative estimate of drug-likeness (QED) is 0.192. The summed E-state index contributed by atoms with van der Waals surface area (Å²) in [5, 5.41) is 9.55. The molecule has 0 fully saturated rings. The molecule has 6 heteroatoms. The lowest BCUT2D eigenvalue weighted by molar-refractivity contribution is -0.132. The summed E-state index contributed by atoms with van der Waals surface area (Å²) in [6.45, 7) is 4.71. The highest BCUT2D eigenvalue weighted by Crippen LogP contribution is 2.28. The summed E-state index contributed by atoms with van der Waals surface area (Å²) in [6.07, 6.45) is 6.30. The van der Waals surface area contributed by atoms with Gasteiger partial charge in [-0.15, -0.1) is 0 Å². The molecular formula is C33H30N2O4. The number of rotatable bonds is 10. The zero-order chi connectivity index (χ0) is 27.2. The molecule has 2 aromatic heterocycles. The Morgan fingerprint density at radius 1 is 0.949 bits per heavy atom. The van der Waals surface area contributed by atoms with Gasteiger partial charge in [-0.1, -0.05) is 67.6 Å². The lowest BCUT2D eigenvalue weighted by atomic mass is 10.0. The fourth-order valence-electron chi connectivity index (χ4n) is 4.41. The van der Waals surface area contributed by atoms with Crippen molar-refractivity contribution in [3.8, 4) is 28.3 Å². The van der Waals surface area contributed by atoms with Gasteiger partial charge in [-0.05, 0) is 54.8 Å². The summed E-state index contributed by atoms with van der Waals surface area (Å²) < 4.78 is 13.9. The molecule has 0 aliphatic rings. The first-order chi connectivity index (χ1) is 19.0. The van der Waals surface area contributed by atoms with Gasteiger partial charge in [-0.3, -0.25) is 0 Å². The molecule has 0 atom stereocenters. The Kier molecular flexibility index (Phi) is 7.73. The van der Waals surface area contributed by atoms with Crippen LogP contribution in [-0.2, 0) is 17.9 Å². The molecule has 2 heterocycles. The molecule has 0 saturated heterocycles. The molecule has 0 aliphatic carbocycles. The third-order valence-electron chi connectivity index (χ3n) is 6.56. The molecule has 0 aliphatic heterocycles. The fraction of sp³-hybridized carbons (Fsp3) is 0.152. The van der Waals surface area contributed by atoms with Crippen LogP contribution in [0.15, 0.2) is 107 Å². The van der Waals surface area contributed by atoms with Crippen molar-refractivity contribution in [2.75, 3.05) is 0 Å². The van der Waals surface area contributed by atoms with Gasteiger partial charge in [0, 0.05) is 41.2 Å². The summed E-state index contributed by atoms with van der Waals surface area (Å²) >= 11 is 0. The van der Waals surface area contributed by atoms with Crippen molar-refractivity contribution >= 4 is 12.0 Å². The average Bonchev–Trinajstić information content (AvgIpc) is 3.54. The van der Waals surface area contributed by atoms with Gasteiger partial charge in [-0.25, -0.2) is 9.78 Å². The normalized spacial score (nSPS) is 11.5. The van der Waals surface area contributed by atoms with E-state index in [2.05, 4.69) is 15.7 Å². The van der Waals surface area contributed by atoms with Crippen molar-refractivity contribution in [3.05, 3.63) is 125 Å². The monoisotopic (exact) mass is 518 g/mol. The third-order valence-corrected chi connectivity index (χ3v) is 6.56. The van der Waals surface area contributed by atoms with Gasteiger partial charge < -0.3 is 18.8 Å². The number of aliphatic carboxylic acids is 1. The van der Waals surface area contributed by atoms with Crippen molar-refractivity contribution in [2.24, 2.45) is 0 Å². The fourth-order valence-corrected chi connectivity index (χ4v) is 4.41. The zero-order valence-corrected chi connectivity index (χ0v) is 22.0. The number of aromatic nitrogens is 2. The summed E-state index contributed by atoms with van der Waals surface area (Å²) in [4.78, 5) is 16.3. The van der Waals surface area contributed by atoms with Gasteiger partial charge in [0.25, 0.3) is 0 Å². The van der Waals surface area contributed by atoms with Gasteiger partial charge >= 0.3 is 5.97 Å². The van der Waals surface area contributed by atoms with Crippen LogP contribution in [0.1, 0.15) is 35.9 Å². The van der Waals surface area contributed by atoms with E-state index in [4.69, 9.17) is 9.15 Å². The Morgan fingerprint density at radius 2 is 1.62 bits per heavy atom. The molecule has 5 aromatic rings. The summed E-state index contributed by atoms with van der Waals surface area (Å²) in [6, 6.07) is 27.8. The highest BCUT2D eigenvalue weighted by atomic mass is 16.5. The van der Waals surface area contributed by atoms with Crippen LogP contribution >= 0.6 is 0 Å². The molecule has 0 radical (unpaired) electrons. The molecule has 1 N–H and O–H groups in total. The van der Waals surface area contributed by atoms with Crippen molar-refractivity contribution in [3.63, 3.8) is 0 Å². The molecule has 0 bridgehead atoms. The summed E-state index contributed by atoms with van der Waals surface area (Å²) in [7, 11) is 0. The maximum atomic E-state index is 11.6. The van der Waals surface area contributed by atoms with Crippen LogP contribution in [0.25, 0.3) is 28.7 Å². The zero-order valence-electron chi connectivity index (χ0n) is 22.0. The van der Waals surface area contributed by atoms with Crippen LogP contribution in [-0.4, -0.2) is 20.6 Å². The van der Waals surface area contributed by atoms with Crippen LogP contribution in [0, 0.1) is 6.92 Å². The Morgan fingerprint density at radius 3 is 2.26 bits per heavy atom. The SMILES string of the molecule is CCC(=Cc1cn(Cc2ccc(OCc3nc(-c4ccccc4)oc3C)cc2)cc1-c1ccccc1)C(=O)O. The second-order valence-corrected chi connectivity index (χ2v) is 9.31. The van der Waals surface area contributed by atoms with Crippen molar-refractivity contribution in [1.82, 2.24) is 9.55 Å². The van der Waals surface area contributed by atoms with Gasteiger partial charge in [0.2, 0.25) is 5.89 Å². The van der Waals surface area contributed by atoms with Crippen molar-refractivity contribution in [2.45, 2.75) is 33.4 Å². The molecule has 0 amide bonds. The lowest BCUT2D eigenvalue weighted by Crippen LogP contribution is -1.99. The Hall–Kier alpha value is -4.84. The molecule has 196 valence electrons. The largest absolute Gasteiger partial charge is 0.487 e. The third kappa shape index (κ3) is 6.18. The number of nitrogens with zero attached hydrogens (tertiary/aromatic N) is 2. The molecule has 6 nitrogen and oxygen atoms in total. The van der Waals surface area contributed by atoms with E-state index in [1.54, 1.807) is 6.08 Å². The molecule has 3 aromatic carbocycles. The number of carboxylic acids is 1. The minimum atomic E-state index is -0.892. The lowest BCUT2D eigenvalue weighted by Gasteiger charge is -2.07. The van der Waals surface area contributed by atoms with E-state index in [0.29, 0.717) is 31.0 Å². The van der Waals surface area contributed by atoms with Gasteiger partial charge in [0.15, 0.2) is 0 Å². The molecular weight excluding hydrogens is 488 g/mol. The van der Waals surface area contributed by atoms with Crippen LogP contribution < -0.4 is 4.74 Å². The van der Waals surface area contributed by atoms with E-state index in [-0.39, 0.29) is 0 Å². The number of carbonyl (C=O) groups is 1. The van der Waals surface area contributed by atoms with E-state index in [0.717, 1.165) is 45.0 Å². The highest BCUT2D eigenvalue weighted by molar-refractivity contribution is 5.93. The van der Waals surface area contributed by atoms with Crippen LogP contribution in [0.3, 0.4) is 0 Å². The van der Waals surface area contributed by atoms with E-state index in [9.17, 15) is 9.90 Å². The minimum Gasteiger partial charge on any atom is -0.487 e. The average molecular weight is 519 g/mol. The smallest absolute Gasteiger partial charge is 0.331 e. The summed E-state index contributed by atoms with van der Waals surface area (Å²) in [5.41, 5.74) is 6.12. The van der Waals surface area contributed by atoms with Gasteiger partial charge in [-0.2, -0.15) is 0 Å². The number of hydrogen-bond donors (Lipinski definition) is 1.